The maximum absolute atomic E-state index is 12.3. The van der Waals surface area contributed by atoms with Gasteiger partial charge in [0.2, 0.25) is 0 Å². The van der Waals surface area contributed by atoms with E-state index in [1.807, 2.05) is 7.05 Å². The number of nitrogens with one attached hydrogen (secondary N) is 2. The summed E-state index contributed by atoms with van der Waals surface area (Å²) < 4.78 is 0. The van der Waals surface area contributed by atoms with E-state index >= 15 is 0 Å². The zero-order valence-corrected chi connectivity index (χ0v) is 16.9. The lowest BCUT2D eigenvalue weighted by Crippen LogP contribution is -3.08. The van der Waals surface area contributed by atoms with Crippen LogP contribution in [-0.4, -0.2) is 44.4 Å². The molecule has 0 bridgehead atoms. The molecule has 1 atom stereocenters. The number of hydrogen-bond donors (Lipinski definition) is 2. The van der Waals surface area contributed by atoms with Crippen molar-refractivity contribution in [3.05, 3.63) is 65.2 Å². The van der Waals surface area contributed by atoms with Crippen molar-refractivity contribution in [1.82, 2.24) is 4.90 Å². The van der Waals surface area contributed by atoms with Crippen molar-refractivity contribution in [1.29, 1.82) is 0 Å². The first-order chi connectivity index (χ1) is 12.8. The molecule has 2 N–H and O–H groups in total. The lowest BCUT2D eigenvalue weighted by atomic mass is 10.0. The molecule has 2 rings (SSSR count). The Morgan fingerprint density at radius 2 is 1.59 bits per heavy atom. The zero-order valence-electron chi connectivity index (χ0n) is 16.9. The Bertz CT molecular complexity index is 765. The van der Waals surface area contributed by atoms with Crippen LogP contribution in [0.1, 0.15) is 41.3 Å². The molecule has 1 unspecified atom stereocenters. The number of likely N-dealkylation sites (N-methyl/N-ethyl adjacent to an activating group) is 1. The van der Waals surface area contributed by atoms with Crippen molar-refractivity contribution >= 4 is 17.5 Å². The first-order valence-electron chi connectivity index (χ1n) is 9.28. The number of amides is 2. The van der Waals surface area contributed by atoms with Gasteiger partial charge in [0.05, 0.1) is 7.05 Å². The molecule has 0 fully saturated rings. The first-order valence-corrected chi connectivity index (χ1v) is 9.28. The second-order valence-electron chi connectivity index (χ2n) is 7.53. The van der Waals surface area contributed by atoms with Crippen LogP contribution in [0.2, 0.25) is 0 Å². The van der Waals surface area contributed by atoms with Gasteiger partial charge in [0.15, 0.2) is 6.54 Å². The highest BCUT2D eigenvalue weighted by atomic mass is 16.2. The highest BCUT2D eigenvalue weighted by Crippen LogP contribution is 2.14. The normalized spacial score (nSPS) is 11.9. The van der Waals surface area contributed by atoms with Gasteiger partial charge in [-0.2, -0.15) is 0 Å². The van der Waals surface area contributed by atoms with Crippen molar-refractivity contribution in [2.24, 2.45) is 0 Å². The third-order valence-electron chi connectivity index (χ3n) is 4.44. The SMILES string of the molecule is CC(C)c1ccc(C[NH+](C)CC(=O)Nc2ccc(C(=O)N(C)C)cc2)cc1. The van der Waals surface area contributed by atoms with Gasteiger partial charge in [-0.3, -0.25) is 9.59 Å². The van der Waals surface area contributed by atoms with Gasteiger partial charge in [0.1, 0.15) is 6.54 Å². The largest absolute Gasteiger partial charge is 0.345 e. The van der Waals surface area contributed by atoms with Gasteiger partial charge in [-0.1, -0.05) is 38.1 Å². The number of carbonyl (C=O) groups is 2. The molecule has 144 valence electrons. The van der Waals surface area contributed by atoms with Crippen LogP contribution in [0, 0.1) is 0 Å². The summed E-state index contributed by atoms with van der Waals surface area (Å²) in [4.78, 5) is 26.8. The number of quaternary nitrogens is 1. The topological polar surface area (TPSA) is 53.9 Å². The molecule has 0 heterocycles. The molecular formula is C22H30N3O2+. The van der Waals surface area contributed by atoms with E-state index in [-0.39, 0.29) is 11.8 Å². The average molecular weight is 369 g/mol. The van der Waals surface area contributed by atoms with Crippen molar-refractivity contribution in [3.63, 3.8) is 0 Å². The number of carbonyl (C=O) groups excluding carboxylic acids is 2. The summed E-state index contributed by atoms with van der Waals surface area (Å²) in [5.74, 6) is 0.424. The fraction of sp³-hybridized carbons (Fsp3) is 0.364. The minimum atomic E-state index is -0.0551. The van der Waals surface area contributed by atoms with Crippen LogP contribution in [0.15, 0.2) is 48.5 Å². The predicted molar refractivity (Wildman–Crippen MR) is 109 cm³/mol. The van der Waals surface area contributed by atoms with E-state index in [0.717, 1.165) is 11.4 Å². The van der Waals surface area contributed by atoms with Crippen LogP contribution in [-0.2, 0) is 11.3 Å². The maximum atomic E-state index is 12.3. The van der Waals surface area contributed by atoms with Crippen LogP contribution >= 0.6 is 0 Å². The minimum absolute atomic E-state index is 0.0435. The smallest absolute Gasteiger partial charge is 0.279 e. The molecule has 0 saturated carbocycles. The summed E-state index contributed by atoms with van der Waals surface area (Å²) in [6.45, 7) is 5.53. The number of hydrogen-bond acceptors (Lipinski definition) is 2. The molecule has 0 aromatic heterocycles. The minimum Gasteiger partial charge on any atom is -0.345 e. The van der Waals surface area contributed by atoms with Crippen LogP contribution in [0.4, 0.5) is 5.69 Å². The summed E-state index contributed by atoms with van der Waals surface area (Å²) in [7, 11) is 5.44. The monoisotopic (exact) mass is 368 g/mol. The van der Waals surface area contributed by atoms with Crippen molar-refractivity contribution < 1.29 is 14.5 Å². The lowest BCUT2D eigenvalue weighted by molar-refractivity contribution is -0.885. The number of anilines is 1. The molecule has 0 aliphatic carbocycles. The Morgan fingerprint density at radius 3 is 2.11 bits per heavy atom. The Hall–Kier alpha value is -2.66. The van der Waals surface area contributed by atoms with E-state index < -0.39 is 0 Å². The highest BCUT2D eigenvalue weighted by Gasteiger charge is 2.12. The van der Waals surface area contributed by atoms with Gasteiger partial charge in [-0.15, -0.1) is 0 Å². The van der Waals surface area contributed by atoms with E-state index in [9.17, 15) is 9.59 Å². The number of benzene rings is 2. The molecule has 2 aromatic rings. The van der Waals surface area contributed by atoms with Gasteiger partial charge >= 0.3 is 0 Å². The summed E-state index contributed by atoms with van der Waals surface area (Å²) in [6.07, 6.45) is 0. The Kier molecular flexibility index (Phi) is 7.13. The lowest BCUT2D eigenvalue weighted by Gasteiger charge is -2.15. The third kappa shape index (κ3) is 6.22. The summed E-state index contributed by atoms with van der Waals surface area (Å²) in [5.41, 5.74) is 3.84. The molecular weight excluding hydrogens is 338 g/mol. The first kappa shape index (κ1) is 20.6. The molecule has 27 heavy (non-hydrogen) atoms. The number of rotatable bonds is 7. The van der Waals surface area contributed by atoms with Gasteiger partial charge < -0.3 is 15.1 Å². The molecule has 2 aromatic carbocycles. The van der Waals surface area contributed by atoms with Gasteiger partial charge in [-0.25, -0.2) is 0 Å². The van der Waals surface area contributed by atoms with Crippen LogP contribution in [0.3, 0.4) is 0 Å². The second kappa shape index (κ2) is 9.33. The molecule has 0 radical (unpaired) electrons. The van der Waals surface area contributed by atoms with E-state index in [0.29, 0.717) is 23.7 Å². The molecule has 0 aliphatic rings. The molecule has 0 saturated heterocycles. The van der Waals surface area contributed by atoms with Crippen LogP contribution in [0.5, 0.6) is 0 Å². The fourth-order valence-corrected chi connectivity index (χ4v) is 2.86. The van der Waals surface area contributed by atoms with Gasteiger partial charge in [0, 0.05) is 30.9 Å². The van der Waals surface area contributed by atoms with Gasteiger partial charge in [0.25, 0.3) is 11.8 Å². The molecule has 0 spiro atoms. The fourth-order valence-electron chi connectivity index (χ4n) is 2.86. The molecule has 2 amide bonds. The van der Waals surface area contributed by atoms with Crippen molar-refractivity contribution in [2.45, 2.75) is 26.3 Å². The van der Waals surface area contributed by atoms with Crippen molar-refractivity contribution in [2.75, 3.05) is 33.0 Å². The summed E-state index contributed by atoms with van der Waals surface area (Å²) >= 11 is 0. The van der Waals surface area contributed by atoms with Crippen molar-refractivity contribution in [3.8, 4) is 0 Å². The molecule has 5 nitrogen and oxygen atoms in total. The maximum Gasteiger partial charge on any atom is 0.279 e. The van der Waals surface area contributed by atoms with Crippen LogP contribution < -0.4 is 10.2 Å². The predicted octanol–water partition coefficient (Wildman–Crippen LogP) is 2.17. The Morgan fingerprint density at radius 1 is 1.00 bits per heavy atom. The standard InChI is InChI=1S/C22H29N3O2/c1-16(2)18-8-6-17(7-9-18)14-25(5)15-21(26)23-20-12-10-19(11-13-20)22(27)24(3)4/h6-13,16H,14-15H2,1-5H3,(H,23,26)/p+1. The molecule has 5 heteroatoms. The van der Waals surface area contributed by atoms with E-state index in [1.165, 1.54) is 16.0 Å². The Labute approximate surface area is 162 Å². The summed E-state index contributed by atoms with van der Waals surface area (Å²) in [6, 6.07) is 15.6. The quantitative estimate of drug-likeness (QED) is 0.787. The number of nitrogens with zero attached hydrogens (tertiary/aromatic N) is 1. The highest BCUT2D eigenvalue weighted by molar-refractivity contribution is 5.95. The second-order valence-corrected chi connectivity index (χ2v) is 7.53. The van der Waals surface area contributed by atoms with E-state index in [2.05, 4.69) is 43.4 Å². The van der Waals surface area contributed by atoms with E-state index in [1.54, 1.807) is 38.4 Å². The summed E-state index contributed by atoms with van der Waals surface area (Å²) in [5, 5.41) is 2.89. The van der Waals surface area contributed by atoms with E-state index in [4.69, 9.17) is 0 Å². The average Bonchev–Trinajstić information content (AvgIpc) is 2.61. The third-order valence-corrected chi connectivity index (χ3v) is 4.44. The zero-order chi connectivity index (χ0) is 20.0. The van der Waals surface area contributed by atoms with Crippen LogP contribution in [0.25, 0.3) is 0 Å². The Balaban J connectivity index is 1.86. The molecule has 0 aliphatic heterocycles. The van der Waals surface area contributed by atoms with Gasteiger partial charge in [-0.05, 0) is 35.7 Å².